The lowest BCUT2D eigenvalue weighted by Gasteiger charge is -2.32. The van der Waals surface area contributed by atoms with Crippen LogP contribution in [0.2, 0.25) is 0 Å². The SMILES string of the molecule is CCc1ccc(Oc2ccc(C3(CC(=O)NOC4CCCCO4)CCN(C(=O)c4ccccn4)CCS3(=O)=O)cc2)cc1. The molecule has 2 fully saturated rings. The van der Waals surface area contributed by atoms with Crippen LogP contribution in [0, 0.1) is 0 Å². The van der Waals surface area contributed by atoms with Gasteiger partial charge in [0.1, 0.15) is 21.9 Å². The average molecular weight is 608 g/mol. The molecular formula is C32H37N3O7S. The first-order chi connectivity index (χ1) is 20.8. The maximum absolute atomic E-state index is 14.1. The molecule has 2 aliphatic rings. The minimum atomic E-state index is -3.94. The smallest absolute Gasteiger partial charge is 0.272 e. The molecule has 0 bridgehead atoms. The summed E-state index contributed by atoms with van der Waals surface area (Å²) in [5.41, 5.74) is 4.29. The maximum Gasteiger partial charge on any atom is 0.272 e. The molecule has 5 rings (SSSR count). The summed E-state index contributed by atoms with van der Waals surface area (Å²) in [4.78, 5) is 37.6. The Balaban J connectivity index is 1.40. The van der Waals surface area contributed by atoms with Gasteiger partial charge in [0.2, 0.25) is 5.91 Å². The number of hydroxylamine groups is 1. The van der Waals surface area contributed by atoms with Gasteiger partial charge in [-0.05, 0) is 73.2 Å². The number of hydrogen-bond acceptors (Lipinski definition) is 8. The number of amides is 2. The number of carbonyl (C=O) groups excluding carboxylic acids is 2. The summed E-state index contributed by atoms with van der Waals surface area (Å²) in [5.74, 6) is -0.0616. The van der Waals surface area contributed by atoms with E-state index in [4.69, 9.17) is 14.3 Å². The predicted molar refractivity (Wildman–Crippen MR) is 160 cm³/mol. The van der Waals surface area contributed by atoms with E-state index in [9.17, 15) is 18.0 Å². The summed E-state index contributed by atoms with van der Waals surface area (Å²) in [6.45, 7) is 2.73. The first-order valence-corrected chi connectivity index (χ1v) is 16.3. The van der Waals surface area contributed by atoms with Crippen molar-refractivity contribution in [1.29, 1.82) is 0 Å². The van der Waals surface area contributed by atoms with Crippen LogP contribution in [-0.2, 0) is 35.4 Å². The highest BCUT2D eigenvalue weighted by Gasteiger charge is 2.49. The highest BCUT2D eigenvalue weighted by atomic mass is 32.2. The van der Waals surface area contributed by atoms with Crippen molar-refractivity contribution >= 4 is 21.7 Å². The van der Waals surface area contributed by atoms with Gasteiger partial charge in [-0.2, -0.15) is 0 Å². The first kappa shape index (κ1) is 30.7. The van der Waals surface area contributed by atoms with Crippen molar-refractivity contribution in [2.45, 2.75) is 56.5 Å². The van der Waals surface area contributed by atoms with E-state index < -0.39 is 26.8 Å². The summed E-state index contributed by atoms with van der Waals surface area (Å²) in [5, 5.41) is 0. The summed E-state index contributed by atoms with van der Waals surface area (Å²) >= 11 is 0. The zero-order valence-electron chi connectivity index (χ0n) is 24.2. The second-order valence-corrected chi connectivity index (χ2v) is 13.2. The summed E-state index contributed by atoms with van der Waals surface area (Å²) in [7, 11) is -3.94. The number of aryl methyl sites for hydroxylation is 1. The van der Waals surface area contributed by atoms with E-state index in [-0.39, 0.29) is 43.3 Å². The molecule has 3 aromatic rings. The van der Waals surface area contributed by atoms with Crippen molar-refractivity contribution < 1.29 is 32.3 Å². The topological polar surface area (TPSA) is 124 Å². The van der Waals surface area contributed by atoms with Gasteiger partial charge >= 0.3 is 0 Å². The third-order valence-corrected chi connectivity index (χ3v) is 10.5. The highest BCUT2D eigenvalue weighted by molar-refractivity contribution is 7.92. The van der Waals surface area contributed by atoms with Gasteiger partial charge in [-0.15, -0.1) is 0 Å². The Morgan fingerprint density at radius 2 is 1.77 bits per heavy atom. The number of nitrogens with zero attached hydrogens (tertiary/aromatic N) is 2. The Bertz CT molecular complexity index is 1490. The Morgan fingerprint density at radius 1 is 1.02 bits per heavy atom. The van der Waals surface area contributed by atoms with Gasteiger partial charge in [0, 0.05) is 32.3 Å². The molecule has 1 N–H and O–H groups in total. The van der Waals surface area contributed by atoms with Gasteiger partial charge < -0.3 is 14.4 Å². The molecule has 1 aromatic heterocycles. The normalized spacial score (nSPS) is 21.9. The van der Waals surface area contributed by atoms with Crippen LogP contribution >= 0.6 is 0 Å². The standard InChI is InChI=1S/C32H37N3O7S/c1-2-24-9-13-26(14-10-24)41-27-15-11-25(12-16-27)32(23-29(36)34-42-30-8-4-6-21-40-30)17-19-35(20-22-43(32,38)39)31(37)28-7-3-5-18-33-28/h3,5,7,9-16,18,30H,2,4,6,8,17,19-23H2,1H3,(H,34,36). The van der Waals surface area contributed by atoms with Gasteiger partial charge in [0.05, 0.1) is 12.2 Å². The fourth-order valence-corrected chi connectivity index (χ4v) is 7.57. The van der Waals surface area contributed by atoms with Gasteiger partial charge in [0.25, 0.3) is 5.91 Å². The van der Waals surface area contributed by atoms with Crippen molar-refractivity contribution in [3.63, 3.8) is 0 Å². The van der Waals surface area contributed by atoms with Gasteiger partial charge in [-0.1, -0.05) is 37.3 Å². The van der Waals surface area contributed by atoms with E-state index in [1.54, 1.807) is 42.5 Å². The number of aromatic nitrogens is 1. The van der Waals surface area contributed by atoms with E-state index in [1.807, 2.05) is 24.3 Å². The Morgan fingerprint density at radius 3 is 2.42 bits per heavy atom. The third kappa shape index (κ3) is 7.23. The first-order valence-electron chi connectivity index (χ1n) is 14.7. The van der Waals surface area contributed by atoms with Crippen molar-refractivity contribution in [2.75, 3.05) is 25.4 Å². The number of rotatable bonds is 9. The summed E-state index contributed by atoms with van der Waals surface area (Å²) < 4.78 is 38.1. The lowest BCUT2D eigenvalue weighted by atomic mass is 9.90. The maximum atomic E-state index is 14.1. The molecule has 2 unspecified atom stereocenters. The molecule has 2 atom stereocenters. The lowest BCUT2D eigenvalue weighted by Crippen LogP contribution is -2.43. The Hall–Kier alpha value is -3.80. The molecule has 0 radical (unpaired) electrons. The van der Waals surface area contributed by atoms with E-state index in [0.717, 1.165) is 19.3 Å². The number of sulfone groups is 1. The van der Waals surface area contributed by atoms with Crippen LogP contribution < -0.4 is 10.2 Å². The molecule has 0 saturated carbocycles. The predicted octanol–water partition coefficient (Wildman–Crippen LogP) is 4.56. The molecule has 3 heterocycles. The molecule has 0 aliphatic carbocycles. The van der Waals surface area contributed by atoms with Crippen LogP contribution in [0.15, 0.2) is 72.9 Å². The molecule has 0 spiro atoms. The van der Waals surface area contributed by atoms with E-state index in [2.05, 4.69) is 17.4 Å². The number of pyridine rings is 1. The zero-order chi connectivity index (χ0) is 30.3. The van der Waals surface area contributed by atoms with Crippen LogP contribution in [0.3, 0.4) is 0 Å². The zero-order valence-corrected chi connectivity index (χ0v) is 25.1. The fraction of sp³-hybridized carbons (Fsp3) is 0.406. The Labute approximate surface area is 252 Å². The number of benzene rings is 2. The Kier molecular flexibility index (Phi) is 9.74. The second-order valence-electron chi connectivity index (χ2n) is 10.8. The molecule has 11 heteroatoms. The van der Waals surface area contributed by atoms with Crippen LogP contribution in [-0.4, -0.2) is 61.9 Å². The minimum Gasteiger partial charge on any atom is -0.457 e. The highest BCUT2D eigenvalue weighted by Crippen LogP contribution is 2.41. The van der Waals surface area contributed by atoms with Crippen LogP contribution in [0.1, 0.15) is 60.6 Å². The monoisotopic (exact) mass is 607 g/mol. The molecule has 2 aromatic carbocycles. The lowest BCUT2D eigenvalue weighted by molar-refractivity contribution is -0.200. The van der Waals surface area contributed by atoms with Gasteiger partial charge in [0.15, 0.2) is 16.1 Å². The van der Waals surface area contributed by atoms with E-state index in [0.29, 0.717) is 30.1 Å². The summed E-state index contributed by atoms with van der Waals surface area (Å²) in [6, 6.07) is 19.5. The molecular weight excluding hydrogens is 570 g/mol. The molecule has 2 amide bonds. The third-order valence-electron chi connectivity index (χ3n) is 8.02. The van der Waals surface area contributed by atoms with Crippen molar-refractivity contribution in [3.05, 3.63) is 89.7 Å². The number of nitrogens with one attached hydrogen (secondary N) is 1. The van der Waals surface area contributed by atoms with Crippen molar-refractivity contribution in [2.24, 2.45) is 0 Å². The number of hydrogen-bond donors (Lipinski definition) is 1. The largest absolute Gasteiger partial charge is 0.457 e. The fourth-order valence-electron chi connectivity index (χ4n) is 5.47. The van der Waals surface area contributed by atoms with Gasteiger partial charge in [-0.3, -0.25) is 14.6 Å². The quantitative estimate of drug-likeness (QED) is 0.351. The molecule has 43 heavy (non-hydrogen) atoms. The molecule has 2 aliphatic heterocycles. The molecule has 10 nitrogen and oxygen atoms in total. The molecule has 2 saturated heterocycles. The summed E-state index contributed by atoms with van der Waals surface area (Å²) in [6.07, 6.45) is 3.97. The van der Waals surface area contributed by atoms with Crippen molar-refractivity contribution in [3.8, 4) is 11.5 Å². The van der Waals surface area contributed by atoms with Gasteiger partial charge in [-0.25, -0.2) is 18.7 Å². The number of carbonyl (C=O) groups is 2. The van der Waals surface area contributed by atoms with E-state index >= 15 is 0 Å². The van der Waals surface area contributed by atoms with Crippen LogP contribution in [0.4, 0.5) is 0 Å². The minimum absolute atomic E-state index is 0.0114. The van der Waals surface area contributed by atoms with Crippen LogP contribution in [0.5, 0.6) is 11.5 Å². The number of ether oxygens (including phenoxy) is 2. The average Bonchev–Trinajstić information content (AvgIpc) is 3.17. The van der Waals surface area contributed by atoms with Crippen LogP contribution in [0.25, 0.3) is 0 Å². The second kappa shape index (κ2) is 13.7. The molecule has 228 valence electrons. The van der Waals surface area contributed by atoms with E-state index in [1.165, 1.54) is 16.7 Å². The van der Waals surface area contributed by atoms with Crippen molar-refractivity contribution in [1.82, 2.24) is 15.4 Å².